The van der Waals surface area contributed by atoms with E-state index >= 15 is 0 Å². The van der Waals surface area contributed by atoms with Gasteiger partial charge in [-0.2, -0.15) is 13.2 Å². The van der Waals surface area contributed by atoms with Gasteiger partial charge < -0.3 is 10.3 Å². The second-order valence-electron chi connectivity index (χ2n) is 5.13. The van der Waals surface area contributed by atoms with Crippen LogP contribution in [0.4, 0.5) is 18.9 Å². The van der Waals surface area contributed by atoms with E-state index in [0.717, 1.165) is 23.5 Å². The molecule has 2 aromatic heterocycles. The Bertz CT molecular complexity index is 1030. The Hall–Kier alpha value is -2.46. The zero-order valence-corrected chi connectivity index (χ0v) is 15.1. The van der Waals surface area contributed by atoms with Crippen LogP contribution in [0.3, 0.4) is 0 Å². The summed E-state index contributed by atoms with van der Waals surface area (Å²) in [5, 5.41) is 4.10. The average molecular weight is 444 g/mol. The predicted molar refractivity (Wildman–Crippen MR) is 95.3 cm³/mol. The predicted octanol–water partition coefficient (Wildman–Crippen LogP) is 4.53. The van der Waals surface area contributed by atoms with Gasteiger partial charge in [-0.1, -0.05) is 12.1 Å². The number of aromatic nitrogens is 2. The number of thiazole rings is 1. The number of halogens is 4. The highest BCUT2D eigenvalue weighted by molar-refractivity contribution is 9.10. The molecule has 3 aromatic rings. The Morgan fingerprint density at radius 1 is 1.27 bits per heavy atom. The molecular formula is C16H9BrF3N3O2S. The van der Waals surface area contributed by atoms with Crippen LogP contribution in [0.25, 0.3) is 10.6 Å². The minimum Gasteiger partial charge on any atom is -0.326 e. The first-order chi connectivity index (χ1) is 12.2. The summed E-state index contributed by atoms with van der Waals surface area (Å²) in [5.74, 6) is -0.636. The van der Waals surface area contributed by atoms with Crippen LogP contribution in [0.2, 0.25) is 0 Å². The smallest absolute Gasteiger partial charge is 0.326 e. The highest BCUT2D eigenvalue weighted by Crippen LogP contribution is 2.33. The second kappa shape index (κ2) is 7.04. The number of nitrogens with one attached hydrogen (secondary N) is 2. The number of carbonyl (C=O) groups excluding carboxylic acids is 1. The summed E-state index contributed by atoms with van der Waals surface area (Å²) in [4.78, 5) is 30.4. The normalized spacial score (nSPS) is 11.4. The van der Waals surface area contributed by atoms with E-state index in [4.69, 9.17) is 0 Å². The molecule has 0 spiro atoms. The fourth-order valence-corrected chi connectivity index (χ4v) is 3.22. The topological polar surface area (TPSA) is 74.8 Å². The largest absolute Gasteiger partial charge is 0.416 e. The summed E-state index contributed by atoms with van der Waals surface area (Å²) in [5.41, 5.74) is -1.00. The van der Waals surface area contributed by atoms with E-state index in [0.29, 0.717) is 4.47 Å². The number of pyridine rings is 1. The van der Waals surface area contributed by atoms with Gasteiger partial charge in [0.25, 0.3) is 11.5 Å². The summed E-state index contributed by atoms with van der Waals surface area (Å²) in [6, 6.07) is 6.12. The van der Waals surface area contributed by atoms with Gasteiger partial charge in [-0.05, 0) is 34.1 Å². The van der Waals surface area contributed by atoms with E-state index in [9.17, 15) is 22.8 Å². The van der Waals surface area contributed by atoms with Gasteiger partial charge in [-0.25, -0.2) is 4.98 Å². The third-order valence-electron chi connectivity index (χ3n) is 3.29. The minimum atomic E-state index is -4.46. The maximum atomic E-state index is 12.8. The molecule has 0 saturated carbocycles. The maximum Gasteiger partial charge on any atom is 0.416 e. The van der Waals surface area contributed by atoms with E-state index in [1.54, 1.807) is 0 Å². The molecule has 5 nitrogen and oxygen atoms in total. The third kappa shape index (κ3) is 4.02. The van der Waals surface area contributed by atoms with Gasteiger partial charge in [0.1, 0.15) is 16.4 Å². The molecule has 26 heavy (non-hydrogen) atoms. The zero-order chi connectivity index (χ0) is 18.9. The van der Waals surface area contributed by atoms with Crippen LogP contribution in [-0.2, 0) is 6.18 Å². The molecule has 0 unspecified atom stereocenters. The molecule has 0 radical (unpaired) electrons. The van der Waals surface area contributed by atoms with Crippen molar-refractivity contribution in [3.63, 3.8) is 0 Å². The van der Waals surface area contributed by atoms with Crippen molar-refractivity contribution in [3.05, 3.63) is 68.0 Å². The number of anilines is 1. The molecule has 0 aliphatic carbocycles. The van der Waals surface area contributed by atoms with Crippen LogP contribution in [0.15, 0.2) is 51.2 Å². The third-order valence-corrected chi connectivity index (χ3v) is 4.64. The van der Waals surface area contributed by atoms with E-state index in [1.165, 1.54) is 29.8 Å². The Morgan fingerprint density at radius 2 is 2.04 bits per heavy atom. The number of benzene rings is 1. The first kappa shape index (κ1) is 18.3. The number of rotatable bonds is 3. The summed E-state index contributed by atoms with van der Waals surface area (Å²) in [7, 11) is 0. The quantitative estimate of drug-likeness (QED) is 0.624. The first-order valence-corrected chi connectivity index (χ1v) is 8.74. The summed E-state index contributed by atoms with van der Waals surface area (Å²) < 4.78 is 39.0. The lowest BCUT2D eigenvalue weighted by atomic mass is 10.1. The van der Waals surface area contributed by atoms with Gasteiger partial charge in [0.05, 0.1) is 5.56 Å². The van der Waals surface area contributed by atoms with Crippen molar-refractivity contribution in [2.45, 2.75) is 6.18 Å². The average Bonchev–Trinajstić information content (AvgIpc) is 3.08. The molecule has 0 saturated heterocycles. The summed E-state index contributed by atoms with van der Waals surface area (Å²) >= 11 is 4.21. The molecule has 1 amide bonds. The van der Waals surface area contributed by atoms with Gasteiger partial charge in [0.2, 0.25) is 0 Å². The molecule has 0 fully saturated rings. The molecule has 0 aliphatic heterocycles. The fourth-order valence-electron chi connectivity index (χ4n) is 2.08. The van der Waals surface area contributed by atoms with Crippen molar-refractivity contribution in [1.82, 2.24) is 9.97 Å². The lowest BCUT2D eigenvalue weighted by molar-refractivity contribution is -0.137. The van der Waals surface area contributed by atoms with Gasteiger partial charge in [-0.15, -0.1) is 11.3 Å². The standard InChI is InChI=1S/C16H9BrF3N3O2S/c17-10-5-11(13(24)21-6-10)22-14(25)12-7-26-15(23-12)8-2-1-3-9(4-8)16(18,19)20/h1-7H,(H,21,24)(H,22,25). The second-order valence-corrected chi connectivity index (χ2v) is 6.91. The molecule has 134 valence electrons. The number of H-pyrrole nitrogens is 1. The Labute approximate surface area is 157 Å². The molecular weight excluding hydrogens is 435 g/mol. The minimum absolute atomic E-state index is 0.00165. The van der Waals surface area contributed by atoms with Gasteiger partial charge in [0.15, 0.2) is 0 Å². The molecule has 0 aliphatic rings. The molecule has 2 heterocycles. The maximum absolute atomic E-state index is 12.8. The summed E-state index contributed by atoms with van der Waals surface area (Å²) in [6.45, 7) is 0. The Balaban J connectivity index is 1.85. The van der Waals surface area contributed by atoms with E-state index < -0.39 is 23.2 Å². The van der Waals surface area contributed by atoms with E-state index in [2.05, 4.69) is 31.2 Å². The number of hydrogen-bond acceptors (Lipinski definition) is 4. The molecule has 0 atom stereocenters. The molecule has 2 N–H and O–H groups in total. The van der Waals surface area contributed by atoms with Crippen LogP contribution in [-0.4, -0.2) is 15.9 Å². The van der Waals surface area contributed by atoms with Crippen LogP contribution in [0, 0.1) is 0 Å². The number of carbonyl (C=O) groups is 1. The van der Waals surface area contributed by atoms with Gasteiger partial charge in [-0.3, -0.25) is 9.59 Å². The number of alkyl halides is 3. The van der Waals surface area contributed by atoms with Crippen molar-refractivity contribution in [1.29, 1.82) is 0 Å². The van der Waals surface area contributed by atoms with Crippen LogP contribution >= 0.6 is 27.3 Å². The number of amides is 1. The lowest BCUT2D eigenvalue weighted by Gasteiger charge is -2.07. The van der Waals surface area contributed by atoms with E-state index in [1.807, 2.05) is 0 Å². The molecule has 3 rings (SSSR count). The van der Waals surface area contributed by atoms with Crippen molar-refractivity contribution < 1.29 is 18.0 Å². The zero-order valence-electron chi connectivity index (χ0n) is 12.7. The molecule has 0 bridgehead atoms. The number of aromatic amines is 1. The van der Waals surface area contributed by atoms with Crippen LogP contribution in [0.5, 0.6) is 0 Å². The highest BCUT2D eigenvalue weighted by Gasteiger charge is 2.30. The van der Waals surface area contributed by atoms with Crippen molar-refractivity contribution in [3.8, 4) is 10.6 Å². The van der Waals surface area contributed by atoms with Crippen molar-refractivity contribution in [2.75, 3.05) is 5.32 Å². The Kier molecular flexibility index (Phi) is 4.97. The van der Waals surface area contributed by atoms with E-state index in [-0.39, 0.29) is 22.0 Å². The van der Waals surface area contributed by atoms with Gasteiger partial charge in [0, 0.05) is 21.6 Å². The fraction of sp³-hybridized carbons (Fsp3) is 0.0625. The lowest BCUT2D eigenvalue weighted by Crippen LogP contribution is -2.19. The monoisotopic (exact) mass is 443 g/mol. The van der Waals surface area contributed by atoms with Gasteiger partial charge >= 0.3 is 6.18 Å². The molecule has 10 heteroatoms. The van der Waals surface area contributed by atoms with Crippen molar-refractivity contribution in [2.24, 2.45) is 0 Å². The number of hydrogen-bond donors (Lipinski definition) is 2. The van der Waals surface area contributed by atoms with Crippen molar-refractivity contribution >= 4 is 38.9 Å². The first-order valence-electron chi connectivity index (χ1n) is 7.07. The molecule has 1 aromatic carbocycles. The highest BCUT2D eigenvalue weighted by atomic mass is 79.9. The number of nitrogens with zero attached hydrogens (tertiary/aromatic N) is 1. The Morgan fingerprint density at radius 3 is 2.77 bits per heavy atom. The summed E-state index contributed by atoms with van der Waals surface area (Å²) in [6.07, 6.45) is -3.04. The van der Waals surface area contributed by atoms with Crippen LogP contribution < -0.4 is 10.9 Å². The van der Waals surface area contributed by atoms with Crippen LogP contribution in [0.1, 0.15) is 16.1 Å². The SMILES string of the molecule is O=C(Nc1cc(Br)c[nH]c1=O)c1csc(-c2cccc(C(F)(F)F)c2)n1.